The normalized spacial score (nSPS) is 11.5. The Hall–Kier alpha value is -3.06. The number of likely N-dealkylation sites (N-methyl/N-ethyl adjacent to an activating group) is 1. The maximum Gasteiger partial charge on any atom is 0.490 e. The van der Waals surface area contributed by atoms with Crippen LogP contribution in [0.2, 0.25) is 0 Å². The average molecular weight is 401 g/mol. The number of carbonyl (C=O) groups excluding carboxylic acids is 1. The summed E-state index contributed by atoms with van der Waals surface area (Å²) in [4.78, 5) is 25.9. The van der Waals surface area contributed by atoms with Gasteiger partial charge in [-0.15, -0.1) is 0 Å². The zero-order valence-corrected chi connectivity index (χ0v) is 13.5. The minimum absolute atomic E-state index is 0.259. The summed E-state index contributed by atoms with van der Waals surface area (Å²) in [6.45, 7) is 0.836. The molecule has 0 saturated heterocycles. The standard InChI is InChI=1S/C11H12F3N5O.C2HF3O2/c1-18(4-5-19-3-2-15-7-19)10(20)8-6-9(17-16-8)11(12,13)14;3-2(4,5)1(6)7/h2-3,6-7H,4-5H2,1H3,(H,16,17);(H,6,7). The fourth-order valence-electron chi connectivity index (χ4n) is 1.56. The number of aromatic amines is 1. The van der Waals surface area contributed by atoms with Crippen LogP contribution in [-0.2, 0) is 17.5 Å². The number of imidazole rings is 1. The second-order valence-corrected chi connectivity index (χ2v) is 4.99. The van der Waals surface area contributed by atoms with Crippen LogP contribution in [0.25, 0.3) is 0 Å². The van der Waals surface area contributed by atoms with Crippen LogP contribution in [0.3, 0.4) is 0 Å². The van der Waals surface area contributed by atoms with E-state index >= 15 is 0 Å². The van der Waals surface area contributed by atoms with Crippen molar-refractivity contribution in [3.05, 3.63) is 36.2 Å². The fourth-order valence-corrected chi connectivity index (χ4v) is 1.56. The van der Waals surface area contributed by atoms with Crippen LogP contribution in [0.15, 0.2) is 24.8 Å². The van der Waals surface area contributed by atoms with Gasteiger partial charge in [0.05, 0.1) is 6.33 Å². The first kappa shape index (κ1) is 22.0. The number of hydrogen-bond donors (Lipinski definition) is 2. The summed E-state index contributed by atoms with van der Waals surface area (Å²) in [6.07, 6.45) is -4.70. The number of rotatable bonds is 4. The molecule has 0 spiro atoms. The van der Waals surface area contributed by atoms with E-state index < -0.39 is 29.9 Å². The number of H-pyrrole nitrogens is 1. The van der Waals surface area contributed by atoms with Crippen LogP contribution in [0.4, 0.5) is 26.3 Å². The molecule has 1 amide bonds. The second kappa shape index (κ2) is 8.55. The Balaban J connectivity index is 0.000000445. The van der Waals surface area contributed by atoms with E-state index in [1.165, 1.54) is 11.9 Å². The van der Waals surface area contributed by atoms with Gasteiger partial charge in [0, 0.05) is 38.6 Å². The number of hydrogen-bond acceptors (Lipinski definition) is 4. The average Bonchev–Trinajstić information content (AvgIpc) is 3.22. The molecule has 0 saturated carbocycles. The molecule has 2 heterocycles. The van der Waals surface area contributed by atoms with Crippen LogP contribution >= 0.6 is 0 Å². The lowest BCUT2D eigenvalue weighted by Gasteiger charge is -2.15. The summed E-state index contributed by atoms with van der Waals surface area (Å²) in [5.74, 6) is -3.33. The number of carboxylic acid groups (broad SMARTS) is 1. The van der Waals surface area contributed by atoms with Crippen LogP contribution in [0, 0.1) is 0 Å². The predicted octanol–water partition coefficient (Wildman–Crippen LogP) is 2.03. The van der Waals surface area contributed by atoms with Gasteiger partial charge in [0.1, 0.15) is 5.69 Å². The van der Waals surface area contributed by atoms with Gasteiger partial charge < -0.3 is 14.6 Å². The van der Waals surface area contributed by atoms with Gasteiger partial charge in [-0.25, -0.2) is 9.78 Å². The molecule has 2 rings (SSSR count). The van der Waals surface area contributed by atoms with E-state index in [0.717, 1.165) is 0 Å². The van der Waals surface area contributed by atoms with Crippen molar-refractivity contribution in [2.75, 3.05) is 13.6 Å². The zero-order valence-electron chi connectivity index (χ0n) is 13.5. The molecule has 0 aliphatic carbocycles. The molecule has 150 valence electrons. The lowest BCUT2D eigenvalue weighted by molar-refractivity contribution is -0.192. The highest BCUT2D eigenvalue weighted by molar-refractivity contribution is 5.92. The lowest BCUT2D eigenvalue weighted by atomic mass is 10.3. The first-order valence-electron chi connectivity index (χ1n) is 6.96. The summed E-state index contributed by atoms with van der Waals surface area (Å²) in [6, 6.07) is 0.704. The van der Waals surface area contributed by atoms with Crippen molar-refractivity contribution in [1.29, 1.82) is 0 Å². The molecular weight excluding hydrogens is 388 g/mol. The van der Waals surface area contributed by atoms with Gasteiger partial charge >= 0.3 is 18.3 Å². The zero-order chi connectivity index (χ0) is 20.8. The number of carboxylic acids is 1. The Kier molecular flexibility index (Phi) is 6.96. The van der Waals surface area contributed by atoms with E-state index in [2.05, 4.69) is 10.1 Å². The number of amides is 1. The van der Waals surface area contributed by atoms with Crippen molar-refractivity contribution in [2.45, 2.75) is 18.9 Å². The molecule has 0 bridgehead atoms. The van der Waals surface area contributed by atoms with Crippen molar-refractivity contribution in [3.63, 3.8) is 0 Å². The van der Waals surface area contributed by atoms with E-state index in [1.54, 1.807) is 23.3 Å². The molecule has 27 heavy (non-hydrogen) atoms. The SMILES string of the molecule is CN(CCn1ccnc1)C(=O)c1cc(C(F)(F)F)[nH]n1.O=C(O)C(F)(F)F. The second-order valence-electron chi connectivity index (χ2n) is 4.99. The summed E-state index contributed by atoms with van der Waals surface area (Å²) in [5, 5.41) is 12.3. The number of alkyl halides is 6. The molecule has 0 aliphatic heterocycles. The molecule has 0 aliphatic rings. The van der Waals surface area contributed by atoms with Gasteiger partial charge in [-0.1, -0.05) is 0 Å². The predicted molar refractivity (Wildman–Crippen MR) is 76.5 cm³/mol. The highest BCUT2D eigenvalue weighted by Gasteiger charge is 2.38. The molecular formula is C13H13F6N5O3. The van der Waals surface area contributed by atoms with Crippen molar-refractivity contribution < 1.29 is 41.0 Å². The van der Waals surface area contributed by atoms with Crippen LogP contribution in [0.5, 0.6) is 0 Å². The number of carbonyl (C=O) groups is 2. The Morgan fingerprint density at radius 3 is 2.26 bits per heavy atom. The largest absolute Gasteiger partial charge is 0.490 e. The van der Waals surface area contributed by atoms with Gasteiger partial charge in [0.15, 0.2) is 5.69 Å². The third-order valence-corrected chi connectivity index (χ3v) is 2.94. The number of aliphatic carboxylic acids is 1. The van der Waals surface area contributed by atoms with Gasteiger partial charge in [0.2, 0.25) is 0 Å². The smallest absolute Gasteiger partial charge is 0.475 e. The molecule has 2 N–H and O–H groups in total. The van der Waals surface area contributed by atoms with E-state index in [9.17, 15) is 31.1 Å². The molecule has 0 atom stereocenters. The minimum Gasteiger partial charge on any atom is -0.475 e. The van der Waals surface area contributed by atoms with E-state index in [4.69, 9.17) is 9.90 Å². The Labute approximate surface area is 147 Å². The lowest BCUT2D eigenvalue weighted by Crippen LogP contribution is -2.30. The van der Waals surface area contributed by atoms with Gasteiger partial charge in [-0.05, 0) is 0 Å². The highest BCUT2D eigenvalue weighted by Crippen LogP contribution is 2.27. The number of aromatic nitrogens is 4. The first-order chi connectivity index (χ1) is 12.3. The van der Waals surface area contributed by atoms with Gasteiger partial charge in [-0.2, -0.15) is 31.4 Å². The monoisotopic (exact) mass is 401 g/mol. The van der Waals surface area contributed by atoms with Gasteiger partial charge in [0.25, 0.3) is 5.91 Å². The van der Waals surface area contributed by atoms with Crippen LogP contribution in [-0.4, -0.2) is 61.4 Å². The van der Waals surface area contributed by atoms with Gasteiger partial charge in [-0.3, -0.25) is 9.89 Å². The van der Waals surface area contributed by atoms with E-state index in [-0.39, 0.29) is 5.69 Å². The highest BCUT2D eigenvalue weighted by atomic mass is 19.4. The molecule has 2 aromatic rings. The third-order valence-electron chi connectivity index (χ3n) is 2.94. The number of halogens is 6. The van der Waals surface area contributed by atoms with E-state index in [0.29, 0.717) is 19.2 Å². The van der Waals surface area contributed by atoms with Crippen LogP contribution < -0.4 is 0 Å². The van der Waals surface area contributed by atoms with E-state index in [1.807, 2.05) is 5.10 Å². The molecule has 0 radical (unpaired) electrons. The topological polar surface area (TPSA) is 104 Å². The Morgan fingerprint density at radius 2 is 1.85 bits per heavy atom. The third kappa shape index (κ3) is 6.99. The Morgan fingerprint density at radius 1 is 1.26 bits per heavy atom. The minimum atomic E-state index is -5.08. The van der Waals surface area contributed by atoms with Crippen molar-refractivity contribution in [2.24, 2.45) is 0 Å². The first-order valence-corrected chi connectivity index (χ1v) is 6.96. The quantitative estimate of drug-likeness (QED) is 0.763. The number of nitrogens with one attached hydrogen (secondary N) is 1. The molecule has 8 nitrogen and oxygen atoms in total. The van der Waals surface area contributed by atoms with Crippen molar-refractivity contribution in [1.82, 2.24) is 24.6 Å². The molecule has 0 fully saturated rings. The Bertz CT molecular complexity index is 753. The summed E-state index contributed by atoms with van der Waals surface area (Å²) < 4.78 is 70.7. The molecule has 14 heteroatoms. The van der Waals surface area contributed by atoms with Crippen molar-refractivity contribution >= 4 is 11.9 Å². The summed E-state index contributed by atoms with van der Waals surface area (Å²) in [7, 11) is 1.50. The molecule has 0 unspecified atom stereocenters. The maximum absolute atomic E-state index is 12.4. The molecule has 2 aromatic heterocycles. The molecule has 0 aromatic carbocycles. The van der Waals surface area contributed by atoms with Crippen molar-refractivity contribution in [3.8, 4) is 0 Å². The summed E-state index contributed by atoms with van der Waals surface area (Å²) >= 11 is 0. The fraction of sp³-hybridized carbons (Fsp3) is 0.385. The number of nitrogens with zero attached hydrogens (tertiary/aromatic N) is 4. The van der Waals surface area contributed by atoms with Crippen LogP contribution in [0.1, 0.15) is 16.2 Å². The summed E-state index contributed by atoms with van der Waals surface area (Å²) in [5.41, 5.74) is -1.30. The maximum atomic E-state index is 12.4.